The van der Waals surface area contributed by atoms with E-state index in [0.717, 1.165) is 12.8 Å². The molecule has 0 heterocycles. The highest BCUT2D eigenvalue weighted by Gasteiger charge is 2.18. The van der Waals surface area contributed by atoms with E-state index < -0.39 is 5.60 Å². The molecule has 0 saturated heterocycles. The van der Waals surface area contributed by atoms with Gasteiger partial charge < -0.3 is 9.64 Å². The molecule has 2 aromatic rings. The molecule has 2 aromatic carbocycles. The lowest BCUT2D eigenvalue weighted by Gasteiger charge is -2.23. The van der Waals surface area contributed by atoms with Crippen LogP contribution in [0.2, 0.25) is 0 Å². The fraction of sp³-hybridized carbons (Fsp3) is 0.381. The van der Waals surface area contributed by atoms with Crippen molar-refractivity contribution in [1.82, 2.24) is 4.90 Å². The fourth-order valence-electron chi connectivity index (χ4n) is 2.41. The van der Waals surface area contributed by atoms with E-state index in [2.05, 4.69) is 48.5 Å². The van der Waals surface area contributed by atoms with Crippen molar-refractivity contribution in [1.29, 1.82) is 0 Å². The average Bonchev–Trinajstić information content (AvgIpc) is 2.52. The van der Waals surface area contributed by atoms with E-state index >= 15 is 0 Å². The molecule has 0 bridgehead atoms. The molecule has 0 radical (unpaired) electrons. The molecule has 0 spiro atoms. The van der Waals surface area contributed by atoms with Crippen LogP contribution in [-0.4, -0.2) is 30.2 Å². The number of benzene rings is 2. The Labute approximate surface area is 144 Å². The predicted molar refractivity (Wildman–Crippen MR) is 100 cm³/mol. The molecule has 128 valence electrons. The minimum atomic E-state index is -0.453. The Balaban J connectivity index is 1.78. The Bertz CT molecular complexity index is 713. The minimum absolute atomic E-state index is 0.290. The molecule has 0 unspecified atom stereocenters. The first-order valence-electron chi connectivity index (χ1n) is 8.42. The largest absolute Gasteiger partial charge is 0.444 e. The topological polar surface area (TPSA) is 29.5 Å². The molecule has 2 rings (SSSR count). The number of nitrogens with zero attached hydrogens (tertiary/aromatic N) is 1. The van der Waals surface area contributed by atoms with Gasteiger partial charge in [0, 0.05) is 13.6 Å². The van der Waals surface area contributed by atoms with Gasteiger partial charge in [-0.15, -0.1) is 0 Å². The summed E-state index contributed by atoms with van der Waals surface area (Å²) in [5, 5.41) is 2.56. The van der Waals surface area contributed by atoms with Crippen molar-refractivity contribution in [2.75, 3.05) is 13.6 Å². The first kappa shape index (κ1) is 18.1. The molecular weight excluding hydrogens is 298 g/mol. The molecular formula is C21H27NO2. The van der Waals surface area contributed by atoms with Crippen molar-refractivity contribution in [3.63, 3.8) is 0 Å². The van der Waals surface area contributed by atoms with Crippen molar-refractivity contribution in [2.45, 2.75) is 39.2 Å². The molecule has 3 nitrogen and oxygen atoms in total. The number of ether oxygens (including phenoxy) is 1. The minimum Gasteiger partial charge on any atom is -0.444 e. The Kier molecular flexibility index (Phi) is 6.02. The summed E-state index contributed by atoms with van der Waals surface area (Å²) in [5.74, 6) is 0. The number of carbonyl (C=O) groups is 1. The Hall–Kier alpha value is -2.29. The SMILES string of the molecule is CN(CC=CCCc1ccc2ccccc2c1)C(=O)OC(C)(C)C. The standard InChI is InChI=1S/C21H27NO2/c1-21(2,3)24-20(23)22(4)15-9-5-6-10-17-13-14-18-11-7-8-12-19(18)16-17/h5,7-9,11-14,16H,6,10,15H2,1-4H3. The summed E-state index contributed by atoms with van der Waals surface area (Å²) in [6.07, 6.45) is 5.81. The van der Waals surface area contributed by atoms with Gasteiger partial charge in [0.1, 0.15) is 5.60 Å². The van der Waals surface area contributed by atoms with Crippen molar-refractivity contribution < 1.29 is 9.53 Å². The number of allylic oxidation sites excluding steroid dienone is 1. The molecule has 3 heteroatoms. The van der Waals surface area contributed by atoms with Crippen molar-refractivity contribution >= 4 is 16.9 Å². The average molecular weight is 325 g/mol. The van der Waals surface area contributed by atoms with Gasteiger partial charge in [-0.25, -0.2) is 4.79 Å². The molecule has 24 heavy (non-hydrogen) atoms. The summed E-state index contributed by atoms with van der Waals surface area (Å²) in [5.41, 5.74) is 0.879. The van der Waals surface area contributed by atoms with Crippen LogP contribution < -0.4 is 0 Å². The highest BCUT2D eigenvalue weighted by molar-refractivity contribution is 5.82. The van der Waals surface area contributed by atoms with Crippen LogP contribution in [0.15, 0.2) is 54.6 Å². The normalized spacial score (nSPS) is 11.8. The summed E-state index contributed by atoms with van der Waals surface area (Å²) in [6.45, 7) is 6.18. The smallest absolute Gasteiger partial charge is 0.410 e. The van der Waals surface area contributed by atoms with Gasteiger partial charge in [-0.05, 0) is 49.9 Å². The maximum atomic E-state index is 11.8. The van der Waals surface area contributed by atoms with Crippen LogP contribution in [0, 0.1) is 0 Å². The first-order valence-corrected chi connectivity index (χ1v) is 8.42. The highest BCUT2D eigenvalue weighted by atomic mass is 16.6. The van der Waals surface area contributed by atoms with Gasteiger partial charge in [0.15, 0.2) is 0 Å². The van der Waals surface area contributed by atoms with Gasteiger partial charge in [-0.2, -0.15) is 0 Å². The predicted octanol–water partition coefficient (Wildman–Crippen LogP) is 5.20. The third kappa shape index (κ3) is 5.73. The number of carbonyl (C=O) groups excluding carboxylic acids is 1. The van der Waals surface area contributed by atoms with E-state index in [1.54, 1.807) is 11.9 Å². The van der Waals surface area contributed by atoms with E-state index in [0.29, 0.717) is 6.54 Å². The van der Waals surface area contributed by atoms with Crippen LogP contribution in [0.25, 0.3) is 10.8 Å². The number of amides is 1. The molecule has 0 atom stereocenters. The highest BCUT2D eigenvalue weighted by Crippen LogP contribution is 2.16. The van der Waals surface area contributed by atoms with Crippen LogP contribution >= 0.6 is 0 Å². The lowest BCUT2D eigenvalue weighted by Crippen LogP contribution is -2.34. The molecule has 0 aliphatic rings. The van der Waals surface area contributed by atoms with Crippen LogP contribution in [0.5, 0.6) is 0 Å². The zero-order chi connectivity index (χ0) is 17.6. The second-order valence-corrected chi connectivity index (χ2v) is 7.05. The monoisotopic (exact) mass is 325 g/mol. The van der Waals surface area contributed by atoms with E-state index in [9.17, 15) is 4.79 Å². The molecule has 0 aromatic heterocycles. The zero-order valence-corrected chi connectivity index (χ0v) is 15.1. The third-order valence-electron chi connectivity index (χ3n) is 3.66. The van der Waals surface area contributed by atoms with Gasteiger partial charge in [-0.3, -0.25) is 0 Å². The summed E-state index contributed by atoms with van der Waals surface area (Å²) >= 11 is 0. The number of hydrogen-bond acceptors (Lipinski definition) is 2. The lowest BCUT2D eigenvalue weighted by molar-refractivity contribution is 0.0317. The van der Waals surface area contributed by atoms with Crippen molar-refractivity contribution in [3.8, 4) is 0 Å². The van der Waals surface area contributed by atoms with Crippen LogP contribution in [-0.2, 0) is 11.2 Å². The molecule has 0 aliphatic carbocycles. The molecule has 0 fully saturated rings. The second-order valence-electron chi connectivity index (χ2n) is 7.05. The van der Waals surface area contributed by atoms with Crippen LogP contribution in [0.3, 0.4) is 0 Å². The maximum Gasteiger partial charge on any atom is 0.410 e. The van der Waals surface area contributed by atoms with E-state index in [1.807, 2.05) is 26.8 Å². The maximum absolute atomic E-state index is 11.8. The van der Waals surface area contributed by atoms with Gasteiger partial charge in [-0.1, -0.05) is 54.6 Å². The van der Waals surface area contributed by atoms with Crippen molar-refractivity contribution in [2.24, 2.45) is 0 Å². The number of rotatable bonds is 5. The molecule has 0 aliphatic heterocycles. The van der Waals surface area contributed by atoms with Gasteiger partial charge in [0.25, 0.3) is 0 Å². The Morgan fingerprint density at radius 3 is 2.50 bits per heavy atom. The number of hydrogen-bond donors (Lipinski definition) is 0. The fourth-order valence-corrected chi connectivity index (χ4v) is 2.41. The summed E-state index contributed by atoms with van der Waals surface area (Å²) in [4.78, 5) is 13.4. The molecule has 0 saturated carbocycles. The van der Waals surface area contributed by atoms with E-state index in [1.165, 1.54) is 16.3 Å². The van der Waals surface area contributed by atoms with Crippen LogP contribution in [0.1, 0.15) is 32.8 Å². The summed E-state index contributed by atoms with van der Waals surface area (Å²) in [6, 6.07) is 15.0. The quantitative estimate of drug-likeness (QED) is 0.708. The van der Waals surface area contributed by atoms with Crippen molar-refractivity contribution in [3.05, 3.63) is 60.2 Å². The van der Waals surface area contributed by atoms with E-state index in [4.69, 9.17) is 4.74 Å². The van der Waals surface area contributed by atoms with E-state index in [-0.39, 0.29) is 6.09 Å². The van der Waals surface area contributed by atoms with Crippen LogP contribution in [0.4, 0.5) is 4.79 Å². The summed E-state index contributed by atoms with van der Waals surface area (Å²) in [7, 11) is 1.75. The lowest BCUT2D eigenvalue weighted by atomic mass is 10.0. The number of fused-ring (bicyclic) bond motifs is 1. The Morgan fingerprint density at radius 1 is 1.08 bits per heavy atom. The van der Waals surface area contributed by atoms with Gasteiger partial charge >= 0.3 is 6.09 Å². The number of aryl methyl sites for hydroxylation is 1. The molecule has 0 N–H and O–H groups in total. The Morgan fingerprint density at radius 2 is 1.79 bits per heavy atom. The zero-order valence-electron chi connectivity index (χ0n) is 15.1. The van der Waals surface area contributed by atoms with Gasteiger partial charge in [0.2, 0.25) is 0 Å². The molecule has 1 amide bonds. The summed E-state index contributed by atoms with van der Waals surface area (Å²) < 4.78 is 5.32. The van der Waals surface area contributed by atoms with Gasteiger partial charge in [0.05, 0.1) is 0 Å². The third-order valence-corrected chi connectivity index (χ3v) is 3.66. The number of likely N-dealkylation sites (N-methyl/N-ethyl adjacent to an activating group) is 1. The second kappa shape index (κ2) is 8.00. The first-order chi connectivity index (χ1) is 11.3.